The molecule has 1 aromatic carbocycles. The van der Waals surface area contributed by atoms with Crippen LogP contribution in [0.1, 0.15) is 5.56 Å². The molecule has 0 amide bonds. The molecule has 0 unspecified atom stereocenters. The fraction of sp³-hybridized carbons (Fsp3) is 0.364. The van der Waals surface area contributed by atoms with Gasteiger partial charge in [-0.2, -0.15) is 0 Å². The predicted molar refractivity (Wildman–Crippen MR) is 53.5 cm³/mol. The first-order valence-corrected chi connectivity index (χ1v) is 4.28. The SMILES string of the molecule is CO[C]Cc1ccc(OC)c(OC)c1. The lowest BCUT2D eigenvalue weighted by atomic mass is 10.1. The van der Waals surface area contributed by atoms with Gasteiger partial charge in [0, 0.05) is 13.5 Å². The highest BCUT2D eigenvalue weighted by Crippen LogP contribution is 2.27. The van der Waals surface area contributed by atoms with Crippen molar-refractivity contribution in [1.82, 2.24) is 0 Å². The highest BCUT2D eigenvalue weighted by Gasteiger charge is 2.04. The minimum absolute atomic E-state index is 0.636. The van der Waals surface area contributed by atoms with Gasteiger partial charge in [0.15, 0.2) is 11.5 Å². The number of hydrogen-bond acceptors (Lipinski definition) is 3. The second-order valence-corrected chi connectivity index (χ2v) is 2.71. The van der Waals surface area contributed by atoms with E-state index in [-0.39, 0.29) is 0 Å². The van der Waals surface area contributed by atoms with E-state index in [9.17, 15) is 0 Å². The zero-order valence-corrected chi connectivity index (χ0v) is 8.66. The van der Waals surface area contributed by atoms with Crippen molar-refractivity contribution >= 4 is 0 Å². The molecule has 14 heavy (non-hydrogen) atoms. The average molecular weight is 194 g/mol. The van der Waals surface area contributed by atoms with Crippen LogP contribution >= 0.6 is 0 Å². The van der Waals surface area contributed by atoms with E-state index in [2.05, 4.69) is 6.61 Å². The first-order valence-electron chi connectivity index (χ1n) is 4.28. The summed E-state index contributed by atoms with van der Waals surface area (Å²) < 4.78 is 15.0. The van der Waals surface area contributed by atoms with E-state index in [1.54, 1.807) is 21.3 Å². The van der Waals surface area contributed by atoms with E-state index < -0.39 is 0 Å². The summed E-state index contributed by atoms with van der Waals surface area (Å²) in [5, 5.41) is 0. The topological polar surface area (TPSA) is 27.7 Å². The minimum atomic E-state index is 0.636. The summed E-state index contributed by atoms with van der Waals surface area (Å²) in [4.78, 5) is 0. The van der Waals surface area contributed by atoms with Crippen molar-refractivity contribution in [1.29, 1.82) is 0 Å². The molecule has 0 N–H and O–H groups in total. The van der Waals surface area contributed by atoms with Gasteiger partial charge in [-0.1, -0.05) is 6.07 Å². The summed E-state index contributed by atoms with van der Waals surface area (Å²) in [7, 11) is 4.82. The van der Waals surface area contributed by atoms with Crippen LogP contribution < -0.4 is 9.47 Å². The molecule has 2 radical (unpaired) electrons. The molecule has 0 heterocycles. The fourth-order valence-electron chi connectivity index (χ4n) is 1.15. The molecule has 0 saturated carbocycles. The Morgan fingerprint density at radius 3 is 2.36 bits per heavy atom. The molecule has 3 nitrogen and oxygen atoms in total. The summed E-state index contributed by atoms with van der Waals surface area (Å²) in [5.74, 6) is 1.46. The largest absolute Gasteiger partial charge is 0.493 e. The van der Waals surface area contributed by atoms with Gasteiger partial charge in [-0.3, -0.25) is 0 Å². The number of methoxy groups -OCH3 is 3. The standard InChI is InChI=1S/C11H14O3/c1-12-7-6-9-4-5-10(13-2)11(8-9)14-3/h4-5,8H,6H2,1-3H3. The third-order valence-electron chi connectivity index (χ3n) is 1.87. The number of ether oxygens (including phenoxy) is 3. The fourth-order valence-corrected chi connectivity index (χ4v) is 1.15. The second kappa shape index (κ2) is 5.50. The van der Waals surface area contributed by atoms with Crippen LogP contribution in [0.25, 0.3) is 0 Å². The summed E-state index contributed by atoms with van der Waals surface area (Å²) in [6, 6.07) is 5.73. The first kappa shape index (κ1) is 10.9. The van der Waals surface area contributed by atoms with E-state index in [1.807, 2.05) is 18.2 Å². The van der Waals surface area contributed by atoms with E-state index in [0.717, 1.165) is 17.1 Å². The maximum Gasteiger partial charge on any atom is 0.160 e. The van der Waals surface area contributed by atoms with Gasteiger partial charge in [0.1, 0.15) is 6.61 Å². The van der Waals surface area contributed by atoms with Crippen LogP contribution in [0.4, 0.5) is 0 Å². The Labute approximate surface area is 84.6 Å². The molecule has 3 heteroatoms. The van der Waals surface area contributed by atoms with Crippen LogP contribution in [-0.4, -0.2) is 21.3 Å². The number of rotatable bonds is 5. The molecule has 1 rings (SSSR count). The van der Waals surface area contributed by atoms with Crippen molar-refractivity contribution in [2.75, 3.05) is 21.3 Å². The monoisotopic (exact) mass is 194 g/mol. The summed E-state index contributed by atoms with van der Waals surface area (Å²) in [5.41, 5.74) is 1.07. The molecular formula is C11H14O3. The van der Waals surface area contributed by atoms with Gasteiger partial charge in [-0.05, 0) is 17.7 Å². The molecule has 0 aliphatic heterocycles. The first-order chi connectivity index (χ1) is 6.81. The van der Waals surface area contributed by atoms with Gasteiger partial charge in [0.05, 0.1) is 14.2 Å². The Hall–Kier alpha value is -1.22. The Bertz CT molecular complexity index is 284. The maximum atomic E-state index is 5.16. The van der Waals surface area contributed by atoms with Crippen LogP contribution in [0.2, 0.25) is 0 Å². The molecule has 0 saturated heterocycles. The van der Waals surface area contributed by atoms with Crippen LogP contribution in [0, 0.1) is 6.61 Å². The van der Waals surface area contributed by atoms with Crippen molar-refractivity contribution in [3.63, 3.8) is 0 Å². The zero-order chi connectivity index (χ0) is 10.4. The molecular weight excluding hydrogens is 180 g/mol. The molecule has 1 aromatic rings. The minimum Gasteiger partial charge on any atom is -0.493 e. The zero-order valence-electron chi connectivity index (χ0n) is 8.66. The Balaban J connectivity index is 2.79. The molecule has 0 spiro atoms. The van der Waals surface area contributed by atoms with Crippen LogP contribution in [0.15, 0.2) is 18.2 Å². The smallest absolute Gasteiger partial charge is 0.160 e. The van der Waals surface area contributed by atoms with Gasteiger partial charge < -0.3 is 14.2 Å². The normalized spacial score (nSPS) is 9.93. The lowest BCUT2D eigenvalue weighted by molar-refractivity contribution is 0.271. The molecule has 76 valence electrons. The Morgan fingerprint density at radius 1 is 1.07 bits per heavy atom. The molecule has 0 aliphatic carbocycles. The maximum absolute atomic E-state index is 5.16. The van der Waals surface area contributed by atoms with Crippen molar-refractivity contribution in [2.45, 2.75) is 6.42 Å². The molecule has 0 bridgehead atoms. The highest BCUT2D eigenvalue weighted by atomic mass is 16.5. The molecule has 0 fully saturated rings. The van der Waals surface area contributed by atoms with E-state index in [0.29, 0.717) is 6.42 Å². The predicted octanol–water partition coefficient (Wildman–Crippen LogP) is 1.93. The third kappa shape index (κ3) is 2.64. The summed E-state index contributed by atoms with van der Waals surface area (Å²) >= 11 is 0. The van der Waals surface area contributed by atoms with Gasteiger partial charge >= 0.3 is 0 Å². The summed E-state index contributed by atoms with van der Waals surface area (Å²) in [6.07, 6.45) is 0.636. The van der Waals surface area contributed by atoms with Crippen LogP contribution in [0.5, 0.6) is 11.5 Å². The lowest BCUT2D eigenvalue weighted by Gasteiger charge is -2.08. The number of hydrogen-bond donors (Lipinski definition) is 0. The van der Waals surface area contributed by atoms with Gasteiger partial charge in [-0.15, -0.1) is 0 Å². The molecule has 0 aliphatic rings. The summed E-state index contributed by atoms with van der Waals surface area (Å²) in [6.45, 7) is 2.76. The van der Waals surface area contributed by atoms with E-state index >= 15 is 0 Å². The van der Waals surface area contributed by atoms with Crippen LogP contribution in [-0.2, 0) is 11.2 Å². The van der Waals surface area contributed by atoms with Gasteiger partial charge in [-0.25, -0.2) is 0 Å². The van der Waals surface area contributed by atoms with Crippen molar-refractivity contribution < 1.29 is 14.2 Å². The van der Waals surface area contributed by atoms with Gasteiger partial charge in [0.25, 0.3) is 0 Å². The van der Waals surface area contributed by atoms with Crippen LogP contribution in [0.3, 0.4) is 0 Å². The second-order valence-electron chi connectivity index (χ2n) is 2.71. The van der Waals surface area contributed by atoms with E-state index in [4.69, 9.17) is 14.2 Å². The Morgan fingerprint density at radius 2 is 1.79 bits per heavy atom. The van der Waals surface area contributed by atoms with Crippen molar-refractivity contribution in [3.8, 4) is 11.5 Å². The van der Waals surface area contributed by atoms with Gasteiger partial charge in [0.2, 0.25) is 0 Å². The van der Waals surface area contributed by atoms with Crippen molar-refractivity contribution in [2.24, 2.45) is 0 Å². The molecule has 0 aromatic heterocycles. The Kier molecular flexibility index (Phi) is 4.26. The highest BCUT2D eigenvalue weighted by molar-refractivity contribution is 5.43. The van der Waals surface area contributed by atoms with Crippen molar-refractivity contribution in [3.05, 3.63) is 30.4 Å². The van der Waals surface area contributed by atoms with E-state index in [1.165, 1.54) is 0 Å². The average Bonchev–Trinajstić information content (AvgIpc) is 2.25. The number of benzene rings is 1. The third-order valence-corrected chi connectivity index (χ3v) is 1.87. The lowest BCUT2D eigenvalue weighted by Crippen LogP contribution is -1.93. The quantitative estimate of drug-likeness (QED) is 0.716. The molecule has 0 atom stereocenters.